The van der Waals surface area contributed by atoms with Gasteiger partial charge in [0.05, 0.1) is 17.1 Å². The average Bonchev–Trinajstić information content (AvgIpc) is 2.60. The van der Waals surface area contributed by atoms with Crippen LogP contribution in [0, 0.1) is 6.92 Å². The number of carbonyl (C=O) groups is 1. The molecule has 2 heterocycles. The average molecular weight is 333 g/mol. The number of amides is 1. The standard InChI is InChI=1S/C20H19N3O2/c1-12-11-15(13-5-2-3-6-16(13)21-12)20(25)23-18-8-4-7-17-14(18)9-10-19(24)22-17/h2-3,5-6,9-11,18H,4,7-8H2,1H3,(H,22,24)(H,23,25). The van der Waals surface area contributed by atoms with Crippen LogP contribution >= 0.6 is 0 Å². The smallest absolute Gasteiger partial charge is 0.252 e. The molecule has 1 unspecified atom stereocenters. The van der Waals surface area contributed by atoms with E-state index in [9.17, 15) is 9.59 Å². The van der Waals surface area contributed by atoms with Crippen molar-refractivity contribution in [1.29, 1.82) is 0 Å². The van der Waals surface area contributed by atoms with Crippen LogP contribution in [0.25, 0.3) is 10.9 Å². The summed E-state index contributed by atoms with van der Waals surface area (Å²) in [7, 11) is 0. The van der Waals surface area contributed by atoms with Crippen molar-refractivity contribution in [3.63, 3.8) is 0 Å². The molecule has 2 aromatic heterocycles. The van der Waals surface area contributed by atoms with Crippen LogP contribution in [0.2, 0.25) is 0 Å². The minimum atomic E-state index is -0.106. The maximum Gasteiger partial charge on any atom is 0.252 e. The third-order valence-corrected chi connectivity index (χ3v) is 4.73. The summed E-state index contributed by atoms with van der Waals surface area (Å²) in [5.74, 6) is -0.106. The van der Waals surface area contributed by atoms with Crippen molar-refractivity contribution in [3.8, 4) is 0 Å². The number of hydrogen-bond donors (Lipinski definition) is 2. The number of fused-ring (bicyclic) bond motifs is 2. The Hall–Kier alpha value is -2.95. The van der Waals surface area contributed by atoms with E-state index in [1.165, 1.54) is 6.07 Å². The Morgan fingerprint density at radius 2 is 2.08 bits per heavy atom. The van der Waals surface area contributed by atoms with E-state index in [1.54, 1.807) is 0 Å². The van der Waals surface area contributed by atoms with Gasteiger partial charge in [-0.15, -0.1) is 0 Å². The minimum absolute atomic E-state index is 0.0830. The SMILES string of the molecule is Cc1cc(C(=O)NC2CCCc3[nH]c(=O)ccc32)c2ccccc2n1. The molecule has 1 aliphatic carbocycles. The lowest BCUT2D eigenvalue weighted by Crippen LogP contribution is -2.32. The van der Waals surface area contributed by atoms with Crippen LogP contribution in [-0.4, -0.2) is 15.9 Å². The molecular formula is C20H19N3O2. The summed E-state index contributed by atoms with van der Waals surface area (Å²) in [5, 5.41) is 3.99. The number of para-hydroxylation sites is 1. The van der Waals surface area contributed by atoms with Crippen LogP contribution in [0.3, 0.4) is 0 Å². The number of aromatic nitrogens is 2. The normalized spacial score (nSPS) is 16.4. The summed E-state index contributed by atoms with van der Waals surface area (Å²) in [5.41, 5.74) is 4.12. The van der Waals surface area contributed by atoms with Crippen LogP contribution < -0.4 is 10.9 Å². The summed E-state index contributed by atoms with van der Waals surface area (Å²) < 4.78 is 0. The first-order chi connectivity index (χ1) is 12.1. The maximum absolute atomic E-state index is 12.9. The molecular weight excluding hydrogens is 314 g/mol. The van der Waals surface area contributed by atoms with Crippen molar-refractivity contribution < 1.29 is 4.79 Å². The molecule has 3 aromatic rings. The van der Waals surface area contributed by atoms with Gasteiger partial charge in [-0.1, -0.05) is 18.2 Å². The van der Waals surface area contributed by atoms with E-state index in [2.05, 4.69) is 15.3 Å². The predicted octanol–water partition coefficient (Wildman–Crippen LogP) is 3.04. The van der Waals surface area contributed by atoms with Gasteiger partial charge in [-0.05, 0) is 49.9 Å². The molecule has 0 fully saturated rings. The van der Waals surface area contributed by atoms with E-state index in [0.717, 1.165) is 47.1 Å². The quantitative estimate of drug-likeness (QED) is 0.757. The summed E-state index contributed by atoms with van der Waals surface area (Å²) in [4.78, 5) is 31.9. The molecule has 0 saturated carbocycles. The third kappa shape index (κ3) is 2.93. The van der Waals surface area contributed by atoms with Gasteiger partial charge in [0.15, 0.2) is 0 Å². The number of benzene rings is 1. The van der Waals surface area contributed by atoms with Gasteiger partial charge < -0.3 is 10.3 Å². The van der Waals surface area contributed by atoms with Crippen LogP contribution in [-0.2, 0) is 6.42 Å². The van der Waals surface area contributed by atoms with Gasteiger partial charge in [-0.3, -0.25) is 14.6 Å². The highest BCUT2D eigenvalue weighted by Crippen LogP contribution is 2.28. The number of rotatable bonds is 2. The van der Waals surface area contributed by atoms with E-state index in [1.807, 2.05) is 43.3 Å². The largest absolute Gasteiger partial charge is 0.345 e. The summed E-state index contributed by atoms with van der Waals surface area (Å²) in [6.07, 6.45) is 2.65. The molecule has 126 valence electrons. The second kappa shape index (κ2) is 6.16. The van der Waals surface area contributed by atoms with Gasteiger partial charge in [0.25, 0.3) is 5.91 Å². The summed E-state index contributed by atoms with van der Waals surface area (Å²) in [6.45, 7) is 1.89. The van der Waals surface area contributed by atoms with Gasteiger partial charge in [0.2, 0.25) is 5.56 Å². The molecule has 0 spiro atoms. The monoisotopic (exact) mass is 333 g/mol. The highest BCUT2D eigenvalue weighted by molar-refractivity contribution is 6.06. The molecule has 5 heteroatoms. The first kappa shape index (κ1) is 15.6. The van der Waals surface area contributed by atoms with E-state index < -0.39 is 0 Å². The minimum Gasteiger partial charge on any atom is -0.345 e. The second-order valence-corrected chi connectivity index (χ2v) is 6.50. The zero-order chi connectivity index (χ0) is 17.4. The van der Waals surface area contributed by atoms with Crippen LogP contribution in [0.4, 0.5) is 0 Å². The second-order valence-electron chi connectivity index (χ2n) is 6.50. The van der Waals surface area contributed by atoms with Gasteiger partial charge in [-0.25, -0.2) is 0 Å². The Bertz CT molecular complexity index is 1020. The Labute approximate surface area is 145 Å². The maximum atomic E-state index is 12.9. The molecule has 1 aliphatic rings. The lowest BCUT2D eigenvalue weighted by Gasteiger charge is -2.26. The van der Waals surface area contributed by atoms with E-state index in [4.69, 9.17) is 0 Å². The lowest BCUT2D eigenvalue weighted by atomic mass is 9.91. The number of nitrogens with one attached hydrogen (secondary N) is 2. The van der Waals surface area contributed by atoms with Crippen molar-refractivity contribution >= 4 is 16.8 Å². The molecule has 0 aliphatic heterocycles. The molecule has 0 radical (unpaired) electrons. The predicted molar refractivity (Wildman–Crippen MR) is 96.7 cm³/mol. The van der Waals surface area contributed by atoms with E-state index >= 15 is 0 Å². The molecule has 1 atom stereocenters. The Morgan fingerprint density at radius 3 is 2.96 bits per heavy atom. The number of hydrogen-bond acceptors (Lipinski definition) is 3. The highest BCUT2D eigenvalue weighted by atomic mass is 16.1. The molecule has 1 amide bonds. The molecule has 1 aromatic carbocycles. The third-order valence-electron chi connectivity index (χ3n) is 4.73. The molecule has 0 saturated heterocycles. The molecule has 0 bridgehead atoms. The first-order valence-electron chi connectivity index (χ1n) is 8.51. The fraction of sp³-hybridized carbons (Fsp3) is 0.250. The van der Waals surface area contributed by atoms with Crippen molar-refractivity contribution in [2.24, 2.45) is 0 Å². The van der Waals surface area contributed by atoms with Crippen molar-refractivity contribution in [1.82, 2.24) is 15.3 Å². The van der Waals surface area contributed by atoms with Gasteiger partial charge in [0.1, 0.15) is 0 Å². The van der Waals surface area contributed by atoms with E-state index in [0.29, 0.717) is 5.56 Å². The number of H-pyrrole nitrogens is 1. The van der Waals surface area contributed by atoms with Gasteiger partial charge in [0, 0.05) is 22.8 Å². The Balaban J connectivity index is 1.69. The number of aryl methyl sites for hydroxylation is 2. The highest BCUT2D eigenvalue weighted by Gasteiger charge is 2.23. The van der Waals surface area contributed by atoms with Crippen LogP contribution in [0.1, 0.15) is 46.2 Å². The van der Waals surface area contributed by atoms with E-state index in [-0.39, 0.29) is 17.5 Å². The first-order valence-corrected chi connectivity index (χ1v) is 8.51. The Kier molecular flexibility index (Phi) is 3.84. The number of carbonyl (C=O) groups excluding carboxylic acids is 1. The van der Waals surface area contributed by atoms with Crippen LogP contribution in [0.5, 0.6) is 0 Å². The lowest BCUT2D eigenvalue weighted by molar-refractivity contribution is 0.0934. The molecule has 25 heavy (non-hydrogen) atoms. The van der Waals surface area contributed by atoms with Crippen molar-refractivity contribution in [2.75, 3.05) is 0 Å². The molecule has 5 nitrogen and oxygen atoms in total. The van der Waals surface area contributed by atoms with Gasteiger partial charge >= 0.3 is 0 Å². The fourth-order valence-electron chi connectivity index (χ4n) is 3.58. The van der Waals surface area contributed by atoms with Crippen molar-refractivity contribution in [3.05, 3.63) is 75.3 Å². The van der Waals surface area contributed by atoms with Crippen LogP contribution in [0.15, 0.2) is 47.3 Å². The topological polar surface area (TPSA) is 74.8 Å². The molecule has 2 N–H and O–H groups in total. The summed E-state index contributed by atoms with van der Waals surface area (Å²) >= 11 is 0. The van der Waals surface area contributed by atoms with Crippen molar-refractivity contribution in [2.45, 2.75) is 32.2 Å². The number of aromatic amines is 1. The summed E-state index contributed by atoms with van der Waals surface area (Å²) in [6, 6.07) is 12.8. The fourth-order valence-corrected chi connectivity index (χ4v) is 3.58. The van der Waals surface area contributed by atoms with Gasteiger partial charge in [-0.2, -0.15) is 0 Å². The molecule has 4 rings (SSSR count). The number of pyridine rings is 2. The zero-order valence-corrected chi connectivity index (χ0v) is 14.0. The Morgan fingerprint density at radius 1 is 1.24 bits per heavy atom. The number of nitrogens with zero attached hydrogens (tertiary/aromatic N) is 1. The zero-order valence-electron chi connectivity index (χ0n) is 14.0.